The van der Waals surface area contributed by atoms with Gasteiger partial charge in [0.25, 0.3) is 0 Å². The number of nitrogens with one attached hydrogen (secondary N) is 1. The molecule has 10 nitrogen and oxygen atoms in total. The van der Waals surface area contributed by atoms with Gasteiger partial charge in [-0.2, -0.15) is 5.21 Å². The number of aryl methyl sites for hydroxylation is 3. The van der Waals surface area contributed by atoms with E-state index >= 15 is 0 Å². The second-order valence-electron chi connectivity index (χ2n) is 7.74. The molecule has 11 heteroatoms. The minimum Gasteiger partial charge on any atom is -0.441 e. The number of rotatable bonds is 10. The molecule has 3 rings (SSSR count). The number of benzene rings is 1. The fourth-order valence-electron chi connectivity index (χ4n) is 3.04. The largest absolute Gasteiger partial charge is 1.00 e. The molecule has 0 saturated carbocycles. The fraction of sp³-hybridized carbons (Fsp3) is 0.524. The summed E-state index contributed by atoms with van der Waals surface area (Å²) in [6.07, 6.45) is 5.29. The fourth-order valence-corrected chi connectivity index (χ4v) is 3.04. The number of H-pyrrole nitrogens is 1. The molecule has 0 fully saturated rings. The molecule has 0 spiro atoms. The van der Waals surface area contributed by atoms with E-state index in [1.54, 1.807) is 0 Å². The van der Waals surface area contributed by atoms with Crippen molar-refractivity contribution in [2.75, 3.05) is 6.61 Å². The molecule has 1 N–H and O–H groups in total. The average Bonchev–Trinajstić information content (AvgIpc) is 3.39. The van der Waals surface area contributed by atoms with E-state index in [2.05, 4.69) is 51.8 Å². The van der Waals surface area contributed by atoms with Gasteiger partial charge in [-0.25, -0.2) is 4.98 Å². The Labute approximate surface area is 210 Å². The summed E-state index contributed by atoms with van der Waals surface area (Å²) in [5, 5.41) is 14.0. The first-order chi connectivity index (χ1) is 14.9. The van der Waals surface area contributed by atoms with Crippen LogP contribution >= 0.6 is 0 Å². The SMILES string of the molecule is Cc1ccc(-c2nc(CCCCCCOC(C)(C)c3nn[nH]n3)c(C)o2)cc1.[N-]=[N+]=[N-].[Na+]. The Balaban J connectivity index is 0.00000121. The number of hydrogen-bond donors (Lipinski definition) is 1. The van der Waals surface area contributed by atoms with Crippen molar-refractivity contribution in [3.63, 3.8) is 0 Å². The molecule has 32 heavy (non-hydrogen) atoms. The number of aromatic amines is 1. The summed E-state index contributed by atoms with van der Waals surface area (Å²) in [5.74, 6) is 2.21. The van der Waals surface area contributed by atoms with Gasteiger partial charge in [-0.3, -0.25) is 4.91 Å². The molecule has 0 aliphatic heterocycles. The molecule has 3 aromatic rings. The Bertz CT molecular complexity index is 949. The van der Waals surface area contributed by atoms with Gasteiger partial charge in [0, 0.05) is 12.2 Å². The van der Waals surface area contributed by atoms with Crippen molar-refractivity contribution in [3.8, 4) is 11.5 Å². The van der Waals surface area contributed by atoms with Crippen molar-refractivity contribution in [2.24, 2.45) is 0 Å². The van der Waals surface area contributed by atoms with E-state index in [1.807, 2.05) is 20.8 Å². The molecule has 1 aromatic carbocycles. The first-order valence-corrected chi connectivity index (χ1v) is 10.3. The van der Waals surface area contributed by atoms with E-state index in [4.69, 9.17) is 25.2 Å². The minimum atomic E-state index is -0.517. The number of nitrogens with zero attached hydrogens (tertiary/aromatic N) is 7. The zero-order valence-corrected chi connectivity index (χ0v) is 21.5. The van der Waals surface area contributed by atoms with E-state index in [9.17, 15) is 0 Å². The first-order valence-electron chi connectivity index (χ1n) is 10.3. The minimum absolute atomic E-state index is 0. The normalized spacial score (nSPS) is 10.6. The van der Waals surface area contributed by atoms with E-state index < -0.39 is 5.60 Å². The van der Waals surface area contributed by atoms with Crippen LogP contribution in [0.4, 0.5) is 0 Å². The number of aromatic nitrogens is 5. The number of ether oxygens (including phenoxy) is 1. The summed E-state index contributed by atoms with van der Waals surface area (Å²) < 4.78 is 11.8. The Morgan fingerprint density at radius 1 is 1.06 bits per heavy atom. The Morgan fingerprint density at radius 3 is 2.34 bits per heavy atom. The summed E-state index contributed by atoms with van der Waals surface area (Å²) in [6.45, 7) is 8.66. The summed E-state index contributed by atoms with van der Waals surface area (Å²) in [7, 11) is 0. The molecule has 2 aromatic heterocycles. The maximum atomic E-state index is 6.75. The van der Waals surface area contributed by atoms with Gasteiger partial charge >= 0.3 is 29.6 Å². The maximum absolute atomic E-state index is 6.75. The predicted molar refractivity (Wildman–Crippen MR) is 117 cm³/mol. The van der Waals surface area contributed by atoms with Crippen LogP contribution in [0.25, 0.3) is 27.4 Å². The maximum Gasteiger partial charge on any atom is 1.00 e. The van der Waals surface area contributed by atoms with Crippen molar-refractivity contribution in [1.29, 1.82) is 0 Å². The quantitative estimate of drug-likeness (QED) is 0.165. The monoisotopic (exact) mass is 448 g/mol. The van der Waals surface area contributed by atoms with Crippen LogP contribution < -0.4 is 29.6 Å². The van der Waals surface area contributed by atoms with Gasteiger partial charge in [-0.05, 0) is 59.1 Å². The Hall–Kier alpha value is -2.23. The summed E-state index contributed by atoms with van der Waals surface area (Å²) in [6, 6.07) is 8.27. The second-order valence-corrected chi connectivity index (χ2v) is 7.74. The van der Waals surface area contributed by atoms with Crippen LogP contribution in [0.2, 0.25) is 0 Å². The average molecular weight is 449 g/mol. The molecular formula is C21H29N8NaO2. The van der Waals surface area contributed by atoms with Gasteiger partial charge in [-0.1, -0.05) is 35.8 Å². The van der Waals surface area contributed by atoms with Crippen molar-refractivity contribution in [2.45, 2.75) is 65.4 Å². The number of hydrogen-bond acceptors (Lipinski definition) is 6. The molecule has 0 radical (unpaired) electrons. The van der Waals surface area contributed by atoms with Crippen LogP contribution in [-0.2, 0) is 16.8 Å². The van der Waals surface area contributed by atoms with Gasteiger partial charge in [0.1, 0.15) is 11.4 Å². The van der Waals surface area contributed by atoms with Crippen molar-refractivity contribution >= 4 is 0 Å². The molecular weight excluding hydrogens is 419 g/mol. The molecule has 0 amide bonds. The third-order valence-electron chi connectivity index (χ3n) is 4.85. The van der Waals surface area contributed by atoms with Crippen molar-refractivity contribution in [3.05, 3.63) is 63.1 Å². The molecule has 0 bridgehead atoms. The Morgan fingerprint density at radius 2 is 1.72 bits per heavy atom. The van der Waals surface area contributed by atoms with Gasteiger partial charge in [-0.15, -0.1) is 10.2 Å². The molecule has 0 aliphatic rings. The van der Waals surface area contributed by atoms with E-state index in [0.717, 1.165) is 49.1 Å². The molecule has 2 heterocycles. The number of unbranched alkanes of at least 4 members (excludes halogenated alkanes) is 3. The molecule has 0 unspecified atom stereocenters. The third kappa shape index (κ3) is 8.72. The Kier molecular flexibility index (Phi) is 12.2. The van der Waals surface area contributed by atoms with Crippen LogP contribution in [0.5, 0.6) is 0 Å². The summed E-state index contributed by atoms with van der Waals surface area (Å²) in [4.78, 5) is 6.19. The van der Waals surface area contributed by atoms with Crippen LogP contribution in [-0.4, -0.2) is 32.2 Å². The second kappa shape index (κ2) is 14.0. The van der Waals surface area contributed by atoms with E-state index in [0.29, 0.717) is 18.3 Å². The van der Waals surface area contributed by atoms with Gasteiger partial charge in [0.2, 0.25) is 11.7 Å². The van der Waals surface area contributed by atoms with Crippen LogP contribution in [0.1, 0.15) is 62.4 Å². The topological polar surface area (TPSA) is 148 Å². The van der Waals surface area contributed by atoms with E-state index in [-0.39, 0.29) is 29.6 Å². The molecule has 166 valence electrons. The van der Waals surface area contributed by atoms with Gasteiger partial charge in [0.15, 0.2) is 0 Å². The van der Waals surface area contributed by atoms with Gasteiger partial charge in [0.05, 0.1) is 5.69 Å². The van der Waals surface area contributed by atoms with Crippen LogP contribution in [0, 0.1) is 13.8 Å². The molecule has 0 saturated heterocycles. The van der Waals surface area contributed by atoms with Gasteiger partial charge < -0.3 is 20.2 Å². The first kappa shape index (κ1) is 27.8. The van der Waals surface area contributed by atoms with E-state index in [1.165, 1.54) is 10.5 Å². The smallest absolute Gasteiger partial charge is 0.441 e. The predicted octanol–water partition coefficient (Wildman–Crippen LogP) is 2.40. The zero-order chi connectivity index (χ0) is 22.7. The zero-order valence-electron chi connectivity index (χ0n) is 19.5. The van der Waals surface area contributed by atoms with Crippen molar-refractivity contribution in [1.82, 2.24) is 25.6 Å². The van der Waals surface area contributed by atoms with Crippen LogP contribution in [0.3, 0.4) is 0 Å². The summed E-state index contributed by atoms with van der Waals surface area (Å²) >= 11 is 0. The summed E-state index contributed by atoms with van der Waals surface area (Å²) in [5.41, 5.74) is 16.3. The number of tetrazole rings is 1. The molecule has 0 aliphatic carbocycles. The van der Waals surface area contributed by atoms with Crippen LogP contribution in [0.15, 0.2) is 28.7 Å². The standard InChI is InChI=1S/C21H29N5O2.N3.Na/c1-15-10-12-17(13-11-15)19-22-18(16(2)28-19)9-7-5-6-8-14-27-21(3,4)20-23-25-26-24-20;1-3-2;/h10-13H,5-9,14H2,1-4H3,(H,23,24,25,26);;/q;-1;+1. The third-order valence-corrected chi connectivity index (χ3v) is 4.85. The number of oxazole rings is 1. The molecule has 0 atom stereocenters. The van der Waals surface area contributed by atoms with Crippen molar-refractivity contribution < 1.29 is 38.7 Å².